The second kappa shape index (κ2) is 28.3. The lowest BCUT2D eigenvalue weighted by Gasteiger charge is -2.50. The first-order valence-electron chi connectivity index (χ1n) is 18.9. The number of aliphatic carboxylic acids is 3. The van der Waals surface area contributed by atoms with Crippen LogP contribution < -0.4 is 0 Å². The lowest BCUT2D eigenvalue weighted by Crippen LogP contribution is -2.72. The zero-order chi connectivity index (χ0) is 33.8. The molecule has 3 N–H and O–H groups in total. The molecule has 0 rings (SSSR count). The van der Waals surface area contributed by atoms with Crippen LogP contribution in [-0.4, -0.2) is 62.4 Å². The van der Waals surface area contributed by atoms with Crippen LogP contribution in [0.3, 0.4) is 0 Å². The molecular formula is C38H72NO6+. The van der Waals surface area contributed by atoms with Crippen LogP contribution in [0.5, 0.6) is 0 Å². The largest absolute Gasteiger partial charge is 0.477 e. The number of quaternary nitrogens is 1. The molecule has 0 radical (unpaired) electrons. The summed E-state index contributed by atoms with van der Waals surface area (Å²) in [6.07, 6.45) is 30.3. The summed E-state index contributed by atoms with van der Waals surface area (Å²) in [6, 6.07) is -3.13. The Kier molecular flexibility index (Phi) is 27.2. The number of allylic oxidation sites excluding steroid dienone is 2. The fraction of sp³-hybridized carbons (Fsp3) is 0.868. The molecule has 0 fully saturated rings. The molecule has 0 saturated carbocycles. The summed E-state index contributed by atoms with van der Waals surface area (Å²) in [5.41, 5.74) is 0. The highest BCUT2D eigenvalue weighted by Crippen LogP contribution is 2.34. The van der Waals surface area contributed by atoms with Crippen LogP contribution in [-0.2, 0) is 14.4 Å². The Morgan fingerprint density at radius 1 is 0.444 bits per heavy atom. The van der Waals surface area contributed by atoms with E-state index in [0.717, 1.165) is 19.3 Å². The average molecular weight is 639 g/mol. The Morgan fingerprint density at radius 3 is 1.02 bits per heavy atom. The summed E-state index contributed by atoms with van der Waals surface area (Å²) in [7, 11) is 0. The average Bonchev–Trinajstić information content (AvgIpc) is 3.00. The van der Waals surface area contributed by atoms with Gasteiger partial charge in [-0.1, -0.05) is 123 Å². The van der Waals surface area contributed by atoms with E-state index in [2.05, 4.69) is 19.1 Å². The van der Waals surface area contributed by atoms with Gasteiger partial charge in [0.2, 0.25) is 0 Å². The van der Waals surface area contributed by atoms with Crippen molar-refractivity contribution >= 4 is 17.9 Å². The zero-order valence-corrected chi connectivity index (χ0v) is 29.8. The van der Waals surface area contributed by atoms with E-state index in [1.54, 1.807) is 0 Å². The summed E-state index contributed by atoms with van der Waals surface area (Å²) in [6.45, 7) is 8.17. The zero-order valence-electron chi connectivity index (χ0n) is 29.8. The number of carboxylic acid groups (broad SMARTS) is 3. The minimum atomic E-state index is -1.08. The normalized spacial score (nSPS) is 15.1. The number of carboxylic acids is 3. The van der Waals surface area contributed by atoms with Crippen molar-refractivity contribution in [1.82, 2.24) is 0 Å². The van der Waals surface area contributed by atoms with Gasteiger partial charge in [0.25, 0.3) is 0 Å². The Morgan fingerprint density at radius 2 is 0.733 bits per heavy atom. The minimum Gasteiger partial charge on any atom is -0.477 e. The molecule has 0 aliphatic heterocycles. The molecule has 264 valence electrons. The standard InChI is InChI=1S/C38H71NO6/c1-5-9-10-11-12-13-14-15-16-17-18-19-20-21-22-23-24-25-26-27-28-32-39(33(29-6-2)36(40)41,34(30-7-3)37(42)43)35(31-8-4)38(44)45/h12-13,33-35H,5-11,14-32H2,1-4H3,(H2-,40,41,42,43,44,45)/p+1/b13-12+. The molecule has 0 aromatic carbocycles. The van der Waals surface area contributed by atoms with Gasteiger partial charge in [0.05, 0.1) is 6.54 Å². The first-order chi connectivity index (χ1) is 21.7. The van der Waals surface area contributed by atoms with Gasteiger partial charge in [0.1, 0.15) is 0 Å². The van der Waals surface area contributed by atoms with E-state index in [1.165, 1.54) is 96.3 Å². The van der Waals surface area contributed by atoms with Crippen LogP contribution in [0.4, 0.5) is 0 Å². The van der Waals surface area contributed by atoms with Gasteiger partial charge in [-0.15, -0.1) is 0 Å². The highest BCUT2D eigenvalue weighted by molar-refractivity contribution is 5.78. The molecule has 0 amide bonds. The number of hydrogen-bond donors (Lipinski definition) is 3. The smallest absolute Gasteiger partial charge is 0.362 e. The van der Waals surface area contributed by atoms with Gasteiger partial charge in [-0.05, 0) is 57.8 Å². The lowest BCUT2D eigenvalue weighted by atomic mass is 9.91. The van der Waals surface area contributed by atoms with Crippen LogP contribution >= 0.6 is 0 Å². The topological polar surface area (TPSA) is 112 Å². The highest BCUT2D eigenvalue weighted by atomic mass is 16.4. The first-order valence-corrected chi connectivity index (χ1v) is 18.9. The summed E-state index contributed by atoms with van der Waals surface area (Å²) >= 11 is 0. The molecule has 0 spiro atoms. The van der Waals surface area contributed by atoms with Crippen molar-refractivity contribution in [2.45, 2.75) is 206 Å². The summed E-state index contributed by atoms with van der Waals surface area (Å²) in [5.74, 6) is -3.24. The molecule has 0 aromatic rings. The van der Waals surface area contributed by atoms with E-state index >= 15 is 0 Å². The summed E-state index contributed by atoms with van der Waals surface area (Å²) < 4.78 is -0.369. The molecule has 0 saturated heterocycles. The maximum Gasteiger partial charge on any atom is 0.362 e. The predicted molar refractivity (Wildman–Crippen MR) is 187 cm³/mol. The monoisotopic (exact) mass is 639 g/mol. The van der Waals surface area contributed by atoms with Crippen LogP contribution in [0.15, 0.2) is 12.2 Å². The highest BCUT2D eigenvalue weighted by Gasteiger charge is 2.56. The lowest BCUT2D eigenvalue weighted by molar-refractivity contribution is -0.973. The Hall–Kier alpha value is -1.89. The molecule has 45 heavy (non-hydrogen) atoms. The third-order valence-corrected chi connectivity index (χ3v) is 9.59. The maximum atomic E-state index is 12.6. The minimum absolute atomic E-state index is 0.271. The number of hydrogen-bond acceptors (Lipinski definition) is 3. The second-order valence-corrected chi connectivity index (χ2v) is 13.4. The van der Waals surface area contributed by atoms with Crippen LogP contribution in [0, 0.1) is 0 Å². The number of rotatable bonds is 33. The van der Waals surface area contributed by atoms with Crippen molar-refractivity contribution < 1.29 is 34.2 Å². The molecule has 0 heterocycles. The van der Waals surface area contributed by atoms with E-state index in [4.69, 9.17) is 0 Å². The van der Waals surface area contributed by atoms with Gasteiger partial charge >= 0.3 is 17.9 Å². The molecule has 7 nitrogen and oxygen atoms in total. The molecule has 0 aliphatic carbocycles. The number of carbonyl (C=O) groups is 3. The number of nitrogens with zero attached hydrogens (tertiary/aromatic N) is 1. The molecule has 3 unspecified atom stereocenters. The fourth-order valence-corrected chi connectivity index (χ4v) is 7.16. The molecule has 0 aliphatic rings. The third kappa shape index (κ3) is 18.1. The molecule has 3 atom stereocenters. The maximum absolute atomic E-state index is 12.6. The van der Waals surface area contributed by atoms with E-state index < -0.39 is 36.0 Å². The summed E-state index contributed by atoms with van der Waals surface area (Å²) in [5, 5.41) is 30.9. The Balaban J connectivity index is 4.64. The van der Waals surface area contributed by atoms with Gasteiger partial charge in [-0.3, -0.25) is 4.48 Å². The Bertz CT molecular complexity index is 722. The van der Waals surface area contributed by atoms with Gasteiger partial charge in [-0.2, -0.15) is 0 Å². The molecule has 7 heteroatoms. The van der Waals surface area contributed by atoms with Gasteiger partial charge in [0.15, 0.2) is 18.1 Å². The fourth-order valence-electron chi connectivity index (χ4n) is 7.16. The van der Waals surface area contributed by atoms with E-state index in [0.29, 0.717) is 25.7 Å². The van der Waals surface area contributed by atoms with E-state index in [9.17, 15) is 29.7 Å². The Labute approximate surface area is 276 Å². The third-order valence-electron chi connectivity index (χ3n) is 9.59. The predicted octanol–water partition coefficient (Wildman–Crippen LogP) is 10.6. The van der Waals surface area contributed by atoms with Crippen LogP contribution in [0.1, 0.15) is 188 Å². The molecule has 0 aromatic heterocycles. The second-order valence-electron chi connectivity index (χ2n) is 13.4. The van der Waals surface area contributed by atoms with Crippen molar-refractivity contribution in [1.29, 1.82) is 0 Å². The summed E-state index contributed by atoms with van der Waals surface area (Å²) in [4.78, 5) is 37.8. The molecule has 0 bridgehead atoms. The SMILES string of the molecule is CCCCC/C=C/CCCCCCCCCCCCCCCC[N+](C(CCC)C(=O)O)(C(CCC)C(=O)O)C(CCC)C(=O)O. The van der Waals surface area contributed by atoms with Gasteiger partial charge < -0.3 is 15.3 Å². The van der Waals surface area contributed by atoms with Gasteiger partial charge in [-0.25, -0.2) is 14.4 Å². The molecular weight excluding hydrogens is 566 g/mol. The van der Waals surface area contributed by atoms with Crippen LogP contribution in [0.2, 0.25) is 0 Å². The van der Waals surface area contributed by atoms with Crippen molar-refractivity contribution in [3.63, 3.8) is 0 Å². The van der Waals surface area contributed by atoms with Crippen molar-refractivity contribution in [2.75, 3.05) is 6.54 Å². The van der Waals surface area contributed by atoms with Crippen LogP contribution in [0.25, 0.3) is 0 Å². The van der Waals surface area contributed by atoms with Crippen molar-refractivity contribution in [3.8, 4) is 0 Å². The van der Waals surface area contributed by atoms with E-state index in [-0.39, 0.29) is 30.3 Å². The van der Waals surface area contributed by atoms with Gasteiger partial charge in [0, 0.05) is 19.3 Å². The number of unbranched alkanes of at least 4 members (excludes halogenated alkanes) is 17. The van der Waals surface area contributed by atoms with Crippen molar-refractivity contribution in [3.05, 3.63) is 12.2 Å². The quantitative estimate of drug-likeness (QED) is 0.0374. The first kappa shape index (κ1) is 43.1. The van der Waals surface area contributed by atoms with E-state index in [1.807, 2.05) is 20.8 Å². The van der Waals surface area contributed by atoms with Crippen molar-refractivity contribution in [2.24, 2.45) is 0 Å².